The summed E-state index contributed by atoms with van der Waals surface area (Å²) in [5.74, 6) is -0.0855. The Kier molecular flexibility index (Phi) is 4.04. The zero-order valence-electron chi connectivity index (χ0n) is 14.4. The fourth-order valence-electron chi connectivity index (χ4n) is 3.86. The molecule has 0 unspecified atom stereocenters. The number of carbonyl (C=O) groups is 2. The quantitative estimate of drug-likeness (QED) is 0.847. The lowest BCUT2D eigenvalue weighted by molar-refractivity contribution is -0.136. The van der Waals surface area contributed by atoms with Crippen LogP contribution in [0.4, 0.5) is 5.69 Å². The Bertz CT molecular complexity index is 830. The van der Waals surface area contributed by atoms with Crippen LogP contribution in [-0.4, -0.2) is 29.8 Å². The molecule has 4 nitrogen and oxygen atoms in total. The number of anilines is 1. The minimum atomic E-state index is -0.238. The first-order valence-corrected chi connectivity index (χ1v) is 8.84. The van der Waals surface area contributed by atoms with Gasteiger partial charge in [-0.2, -0.15) is 0 Å². The van der Waals surface area contributed by atoms with Crippen LogP contribution in [0.3, 0.4) is 0 Å². The molecule has 2 aromatic rings. The van der Waals surface area contributed by atoms with Crippen LogP contribution in [0.1, 0.15) is 23.1 Å². The average molecular weight is 334 g/mol. The number of benzene rings is 2. The second kappa shape index (κ2) is 6.36. The summed E-state index contributed by atoms with van der Waals surface area (Å²) in [5.41, 5.74) is 4.56. The van der Waals surface area contributed by atoms with E-state index < -0.39 is 0 Å². The first kappa shape index (κ1) is 15.9. The summed E-state index contributed by atoms with van der Waals surface area (Å²) in [6, 6.07) is 16.2. The molecular formula is C21H22N2O2. The highest BCUT2D eigenvalue weighted by molar-refractivity contribution is 6.00. The molecule has 0 spiro atoms. The number of hydrogen-bond donors (Lipinski definition) is 0. The van der Waals surface area contributed by atoms with Crippen molar-refractivity contribution in [1.82, 2.24) is 4.90 Å². The first-order chi connectivity index (χ1) is 12.1. The number of fused-ring (bicyclic) bond motifs is 1. The van der Waals surface area contributed by atoms with Crippen molar-refractivity contribution in [3.05, 3.63) is 65.2 Å². The Balaban J connectivity index is 1.48. The van der Waals surface area contributed by atoms with Crippen LogP contribution in [0.5, 0.6) is 0 Å². The topological polar surface area (TPSA) is 40.6 Å². The summed E-state index contributed by atoms with van der Waals surface area (Å²) < 4.78 is 0. The fraction of sp³-hybridized carbons (Fsp3) is 0.333. The van der Waals surface area contributed by atoms with Gasteiger partial charge < -0.3 is 9.80 Å². The zero-order chi connectivity index (χ0) is 17.4. The van der Waals surface area contributed by atoms with Crippen molar-refractivity contribution in [1.29, 1.82) is 0 Å². The van der Waals surface area contributed by atoms with Gasteiger partial charge in [0, 0.05) is 31.7 Å². The second-order valence-electron chi connectivity index (χ2n) is 7.02. The maximum absolute atomic E-state index is 12.9. The minimum Gasteiger partial charge on any atom is -0.338 e. The lowest BCUT2D eigenvalue weighted by Crippen LogP contribution is -2.40. The summed E-state index contributed by atoms with van der Waals surface area (Å²) in [6.45, 7) is 3.90. The molecule has 2 aliphatic heterocycles. The molecule has 25 heavy (non-hydrogen) atoms. The molecule has 1 saturated heterocycles. The van der Waals surface area contributed by atoms with Crippen LogP contribution >= 0.6 is 0 Å². The summed E-state index contributed by atoms with van der Waals surface area (Å²) in [6.07, 6.45) is 1.20. The third kappa shape index (κ3) is 3.04. The molecule has 0 N–H and O–H groups in total. The van der Waals surface area contributed by atoms with Crippen molar-refractivity contribution in [2.75, 3.05) is 18.0 Å². The van der Waals surface area contributed by atoms with Gasteiger partial charge in [-0.05, 0) is 42.2 Å². The maximum atomic E-state index is 12.9. The van der Waals surface area contributed by atoms with Crippen molar-refractivity contribution in [2.45, 2.75) is 26.3 Å². The lowest BCUT2D eigenvalue weighted by atomic mass is 9.98. The molecule has 0 bridgehead atoms. The molecule has 2 aromatic carbocycles. The van der Waals surface area contributed by atoms with Gasteiger partial charge >= 0.3 is 0 Å². The predicted octanol–water partition coefficient (Wildman–Crippen LogP) is 2.93. The molecule has 1 fully saturated rings. The second-order valence-corrected chi connectivity index (χ2v) is 7.02. The monoisotopic (exact) mass is 334 g/mol. The van der Waals surface area contributed by atoms with Gasteiger partial charge in [0.25, 0.3) is 0 Å². The van der Waals surface area contributed by atoms with Gasteiger partial charge in [-0.25, -0.2) is 0 Å². The van der Waals surface area contributed by atoms with Crippen molar-refractivity contribution in [3.63, 3.8) is 0 Å². The molecule has 4 heteroatoms. The third-order valence-electron chi connectivity index (χ3n) is 5.23. The van der Waals surface area contributed by atoms with Gasteiger partial charge in [-0.1, -0.05) is 36.4 Å². The van der Waals surface area contributed by atoms with Crippen LogP contribution in [0, 0.1) is 12.8 Å². The zero-order valence-corrected chi connectivity index (χ0v) is 14.4. The van der Waals surface area contributed by atoms with E-state index in [1.54, 1.807) is 4.90 Å². The largest absolute Gasteiger partial charge is 0.338 e. The Morgan fingerprint density at radius 1 is 1.08 bits per heavy atom. The van der Waals surface area contributed by atoms with E-state index in [1.165, 1.54) is 11.1 Å². The van der Waals surface area contributed by atoms with E-state index >= 15 is 0 Å². The van der Waals surface area contributed by atoms with Gasteiger partial charge in [0.1, 0.15) is 0 Å². The highest BCUT2D eigenvalue weighted by Crippen LogP contribution is 2.28. The normalized spacial score (nSPS) is 19.9. The van der Waals surface area contributed by atoms with Crippen LogP contribution in [-0.2, 0) is 22.6 Å². The molecule has 128 valence electrons. The summed E-state index contributed by atoms with van der Waals surface area (Å²) in [4.78, 5) is 29.1. The van der Waals surface area contributed by atoms with E-state index in [4.69, 9.17) is 0 Å². The average Bonchev–Trinajstić information content (AvgIpc) is 3.02. The van der Waals surface area contributed by atoms with E-state index in [0.717, 1.165) is 24.2 Å². The Morgan fingerprint density at radius 2 is 1.88 bits per heavy atom. The van der Waals surface area contributed by atoms with Gasteiger partial charge in [0.2, 0.25) is 11.8 Å². The molecule has 0 aromatic heterocycles. The number of amides is 2. The van der Waals surface area contributed by atoms with Crippen molar-refractivity contribution < 1.29 is 9.59 Å². The molecule has 0 saturated carbocycles. The smallest absolute Gasteiger partial charge is 0.228 e. The Morgan fingerprint density at radius 3 is 2.68 bits per heavy atom. The van der Waals surface area contributed by atoms with Crippen LogP contribution < -0.4 is 4.90 Å². The first-order valence-electron chi connectivity index (χ1n) is 8.84. The van der Waals surface area contributed by atoms with Crippen molar-refractivity contribution >= 4 is 17.5 Å². The van der Waals surface area contributed by atoms with Crippen LogP contribution in [0.15, 0.2) is 48.5 Å². The number of aryl methyl sites for hydroxylation is 1. The molecule has 2 aliphatic rings. The molecule has 1 atom stereocenters. The molecular weight excluding hydrogens is 312 g/mol. The minimum absolute atomic E-state index is 0.0429. The highest BCUT2D eigenvalue weighted by atomic mass is 16.2. The van der Waals surface area contributed by atoms with E-state index in [9.17, 15) is 9.59 Å². The van der Waals surface area contributed by atoms with Crippen molar-refractivity contribution in [2.24, 2.45) is 5.92 Å². The van der Waals surface area contributed by atoms with Gasteiger partial charge in [0.15, 0.2) is 0 Å². The van der Waals surface area contributed by atoms with E-state index in [0.29, 0.717) is 19.5 Å². The number of nitrogens with zero attached hydrogens (tertiary/aromatic N) is 2. The highest BCUT2D eigenvalue weighted by Gasteiger charge is 2.37. The summed E-state index contributed by atoms with van der Waals surface area (Å²) in [7, 11) is 0. The molecule has 0 aliphatic carbocycles. The van der Waals surface area contributed by atoms with Crippen LogP contribution in [0.2, 0.25) is 0 Å². The van der Waals surface area contributed by atoms with Gasteiger partial charge in [0.05, 0.1) is 5.92 Å². The predicted molar refractivity (Wildman–Crippen MR) is 97.2 cm³/mol. The maximum Gasteiger partial charge on any atom is 0.228 e. The summed E-state index contributed by atoms with van der Waals surface area (Å²) >= 11 is 0. The lowest BCUT2D eigenvalue weighted by Gasteiger charge is -2.30. The number of carbonyl (C=O) groups excluding carboxylic acids is 2. The standard InChI is InChI=1S/C21H22N2O2/c1-15-5-4-8-19(11-15)23-14-18(12-20(23)24)21(25)22-10-9-16-6-2-3-7-17(16)13-22/h2-8,11,18H,9-10,12-14H2,1H3/t18-/m1/s1. The van der Waals surface area contributed by atoms with Crippen LogP contribution in [0.25, 0.3) is 0 Å². The molecule has 4 rings (SSSR count). The van der Waals surface area contributed by atoms with Crippen molar-refractivity contribution in [3.8, 4) is 0 Å². The molecule has 2 amide bonds. The molecule has 0 radical (unpaired) electrons. The van der Waals surface area contributed by atoms with E-state index in [2.05, 4.69) is 12.1 Å². The third-order valence-corrected chi connectivity index (χ3v) is 5.23. The number of hydrogen-bond acceptors (Lipinski definition) is 2. The SMILES string of the molecule is Cc1cccc(N2C[C@H](C(=O)N3CCc4ccccc4C3)CC2=O)c1. The Labute approximate surface area is 148 Å². The summed E-state index contributed by atoms with van der Waals surface area (Å²) in [5, 5.41) is 0. The Hall–Kier alpha value is -2.62. The van der Waals surface area contributed by atoms with Gasteiger partial charge in [-0.15, -0.1) is 0 Å². The van der Waals surface area contributed by atoms with E-state index in [-0.39, 0.29) is 17.7 Å². The van der Waals surface area contributed by atoms with E-state index in [1.807, 2.05) is 48.2 Å². The fourth-order valence-corrected chi connectivity index (χ4v) is 3.86. The number of rotatable bonds is 2. The molecule has 2 heterocycles. The van der Waals surface area contributed by atoms with Gasteiger partial charge in [-0.3, -0.25) is 9.59 Å².